The number of morpholine rings is 1. The van der Waals surface area contributed by atoms with E-state index in [1.165, 1.54) is 31.2 Å². The van der Waals surface area contributed by atoms with Gasteiger partial charge in [-0.25, -0.2) is 0 Å². The minimum Gasteiger partial charge on any atom is -0.490 e. The van der Waals surface area contributed by atoms with Gasteiger partial charge in [0.15, 0.2) is 0 Å². The van der Waals surface area contributed by atoms with E-state index in [0.29, 0.717) is 12.1 Å². The average Bonchev–Trinajstić information content (AvgIpc) is 2.93. The lowest BCUT2D eigenvalue weighted by Crippen LogP contribution is -2.41. The van der Waals surface area contributed by atoms with Gasteiger partial charge in [0, 0.05) is 12.6 Å². The number of nitrogens with one attached hydrogen (secondary N) is 1. The van der Waals surface area contributed by atoms with Gasteiger partial charge in [-0.05, 0) is 50.3 Å². The molecule has 3 nitrogen and oxygen atoms in total. The smallest absolute Gasteiger partial charge is 0.119 e. The Balaban J connectivity index is 1.64. The molecule has 104 valence electrons. The van der Waals surface area contributed by atoms with E-state index in [1.807, 2.05) is 0 Å². The van der Waals surface area contributed by atoms with Crippen molar-refractivity contribution in [2.24, 2.45) is 0 Å². The van der Waals surface area contributed by atoms with E-state index >= 15 is 0 Å². The molecule has 2 unspecified atom stereocenters. The second-order valence-corrected chi connectivity index (χ2v) is 5.63. The Kier molecular flexibility index (Phi) is 4.04. The molecule has 0 aromatic heterocycles. The van der Waals surface area contributed by atoms with Crippen LogP contribution in [-0.2, 0) is 4.74 Å². The summed E-state index contributed by atoms with van der Waals surface area (Å²) >= 11 is 0. The van der Waals surface area contributed by atoms with Crippen molar-refractivity contribution in [1.82, 2.24) is 5.32 Å². The van der Waals surface area contributed by atoms with Crippen LogP contribution in [-0.4, -0.2) is 25.3 Å². The van der Waals surface area contributed by atoms with Gasteiger partial charge in [0.25, 0.3) is 0 Å². The summed E-state index contributed by atoms with van der Waals surface area (Å²) in [6, 6.07) is 8.81. The van der Waals surface area contributed by atoms with E-state index < -0.39 is 0 Å². The van der Waals surface area contributed by atoms with Crippen LogP contribution in [0.2, 0.25) is 0 Å². The number of benzene rings is 1. The highest BCUT2D eigenvalue weighted by Crippen LogP contribution is 2.28. The first-order chi connectivity index (χ1) is 9.33. The minimum atomic E-state index is 0.161. The Morgan fingerprint density at radius 2 is 1.89 bits per heavy atom. The van der Waals surface area contributed by atoms with Gasteiger partial charge in [0.05, 0.1) is 18.8 Å². The summed E-state index contributed by atoms with van der Waals surface area (Å²) in [4.78, 5) is 0. The summed E-state index contributed by atoms with van der Waals surface area (Å²) in [6.45, 7) is 3.91. The number of hydrogen-bond donors (Lipinski definition) is 1. The van der Waals surface area contributed by atoms with Crippen molar-refractivity contribution in [2.75, 3.05) is 13.2 Å². The molecule has 1 saturated carbocycles. The lowest BCUT2D eigenvalue weighted by Gasteiger charge is -2.30. The van der Waals surface area contributed by atoms with E-state index in [0.717, 1.165) is 18.9 Å². The maximum atomic E-state index is 5.99. The highest BCUT2D eigenvalue weighted by atomic mass is 16.5. The Labute approximate surface area is 115 Å². The Morgan fingerprint density at radius 1 is 1.16 bits per heavy atom. The maximum absolute atomic E-state index is 5.99. The van der Waals surface area contributed by atoms with Gasteiger partial charge in [-0.15, -0.1) is 0 Å². The van der Waals surface area contributed by atoms with Crippen molar-refractivity contribution < 1.29 is 9.47 Å². The summed E-state index contributed by atoms with van der Waals surface area (Å²) in [5.41, 5.74) is 1.23. The molecule has 3 heteroatoms. The second-order valence-electron chi connectivity index (χ2n) is 5.63. The first kappa shape index (κ1) is 12.9. The molecule has 2 aliphatic rings. The Hall–Kier alpha value is -1.06. The third-order valence-electron chi connectivity index (χ3n) is 4.13. The second kappa shape index (κ2) is 5.93. The normalized spacial score (nSPS) is 28.5. The predicted octanol–water partition coefficient (Wildman–Crippen LogP) is 3.06. The van der Waals surface area contributed by atoms with E-state index in [4.69, 9.17) is 9.47 Å². The van der Waals surface area contributed by atoms with Crippen molar-refractivity contribution in [1.29, 1.82) is 0 Å². The molecule has 0 radical (unpaired) electrons. The zero-order valence-electron chi connectivity index (χ0n) is 11.6. The molecular weight excluding hydrogens is 238 g/mol. The quantitative estimate of drug-likeness (QED) is 0.907. The fourth-order valence-corrected chi connectivity index (χ4v) is 3.04. The minimum absolute atomic E-state index is 0.161. The van der Waals surface area contributed by atoms with Crippen molar-refractivity contribution in [3.05, 3.63) is 29.8 Å². The SMILES string of the molecule is CC1NCCOC1c1ccc(OC2CCCC2)cc1. The largest absolute Gasteiger partial charge is 0.490 e. The summed E-state index contributed by atoms with van der Waals surface area (Å²) in [7, 11) is 0. The van der Waals surface area contributed by atoms with E-state index in [1.54, 1.807) is 0 Å². The van der Waals surface area contributed by atoms with Crippen LogP contribution in [0.5, 0.6) is 5.75 Å². The zero-order valence-corrected chi connectivity index (χ0v) is 11.6. The molecular formula is C16H23NO2. The fourth-order valence-electron chi connectivity index (χ4n) is 3.04. The standard InChI is InChI=1S/C16H23NO2/c1-12-16(18-11-10-17-12)13-6-8-15(9-7-13)19-14-4-2-3-5-14/h6-9,12,14,16-17H,2-5,10-11H2,1H3. The van der Waals surface area contributed by atoms with Gasteiger partial charge in [0.2, 0.25) is 0 Å². The summed E-state index contributed by atoms with van der Waals surface area (Å²) in [5.74, 6) is 0.993. The molecule has 3 rings (SSSR count). The van der Waals surface area contributed by atoms with Gasteiger partial charge < -0.3 is 14.8 Å². The third kappa shape index (κ3) is 3.10. The van der Waals surface area contributed by atoms with Gasteiger partial charge in [-0.1, -0.05) is 12.1 Å². The fraction of sp³-hybridized carbons (Fsp3) is 0.625. The summed E-state index contributed by atoms with van der Waals surface area (Å²) in [5, 5.41) is 3.45. The molecule has 1 N–H and O–H groups in total. The Bertz CT molecular complexity index is 398. The molecule has 19 heavy (non-hydrogen) atoms. The average molecular weight is 261 g/mol. The zero-order chi connectivity index (χ0) is 13.1. The van der Waals surface area contributed by atoms with Crippen LogP contribution >= 0.6 is 0 Å². The molecule has 1 heterocycles. The van der Waals surface area contributed by atoms with E-state index in [2.05, 4.69) is 36.5 Å². The van der Waals surface area contributed by atoms with Gasteiger partial charge in [0.1, 0.15) is 5.75 Å². The first-order valence-corrected chi connectivity index (χ1v) is 7.44. The van der Waals surface area contributed by atoms with E-state index in [-0.39, 0.29) is 6.10 Å². The monoisotopic (exact) mass is 261 g/mol. The van der Waals surface area contributed by atoms with Crippen molar-refractivity contribution >= 4 is 0 Å². The molecule has 0 spiro atoms. The number of ether oxygens (including phenoxy) is 2. The first-order valence-electron chi connectivity index (χ1n) is 7.44. The molecule has 1 aromatic carbocycles. The predicted molar refractivity (Wildman–Crippen MR) is 75.5 cm³/mol. The molecule has 2 fully saturated rings. The van der Waals surface area contributed by atoms with Crippen LogP contribution < -0.4 is 10.1 Å². The van der Waals surface area contributed by atoms with Crippen LogP contribution in [0.15, 0.2) is 24.3 Å². The Morgan fingerprint density at radius 3 is 2.58 bits per heavy atom. The molecule has 0 bridgehead atoms. The van der Waals surface area contributed by atoms with Crippen LogP contribution in [0.25, 0.3) is 0 Å². The van der Waals surface area contributed by atoms with Gasteiger partial charge >= 0.3 is 0 Å². The maximum Gasteiger partial charge on any atom is 0.119 e. The van der Waals surface area contributed by atoms with Gasteiger partial charge in [-0.3, -0.25) is 0 Å². The summed E-state index contributed by atoms with van der Waals surface area (Å²) < 4.78 is 11.8. The molecule has 1 aliphatic carbocycles. The lowest BCUT2D eigenvalue weighted by molar-refractivity contribution is -0.000260. The molecule has 1 aromatic rings. The van der Waals surface area contributed by atoms with Crippen LogP contribution in [0.3, 0.4) is 0 Å². The molecule has 1 aliphatic heterocycles. The topological polar surface area (TPSA) is 30.5 Å². The van der Waals surface area contributed by atoms with Crippen molar-refractivity contribution in [3.8, 4) is 5.75 Å². The van der Waals surface area contributed by atoms with Crippen LogP contribution in [0, 0.1) is 0 Å². The highest BCUT2D eigenvalue weighted by molar-refractivity contribution is 5.29. The van der Waals surface area contributed by atoms with Crippen LogP contribution in [0.4, 0.5) is 0 Å². The molecule has 1 saturated heterocycles. The third-order valence-corrected chi connectivity index (χ3v) is 4.13. The molecule has 0 amide bonds. The van der Waals surface area contributed by atoms with E-state index in [9.17, 15) is 0 Å². The lowest BCUT2D eigenvalue weighted by atomic mass is 10.0. The van der Waals surface area contributed by atoms with Gasteiger partial charge in [-0.2, -0.15) is 0 Å². The highest BCUT2D eigenvalue weighted by Gasteiger charge is 2.23. The number of rotatable bonds is 3. The number of hydrogen-bond acceptors (Lipinski definition) is 3. The van der Waals surface area contributed by atoms with Crippen LogP contribution in [0.1, 0.15) is 44.3 Å². The van der Waals surface area contributed by atoms with Crippen molar-refractivity contribution in [3.63, 3.8) is 0 Å². The van der Waals surface area contributed by atoms with Crippen molar-refractivity contribution in [2.45, 2.75) is 50.9 Å². The molecule has 2 atom stereocenters. The summed E-state index contributed by atoms with van der Waals surface area (Å²) in [6.07, 6.45) is 5.61.